The fourth-order valence-corrected chi connectivity index (χ4v) is 3.59. The number of hydrogen-bond donors (Lipinski definition) is 2. The number of hydrogen-bond acceptors (Lipinski definition) is 2. The molecule has 0 fully saturated rings. The van der Waals surface area contributed by atoms with Crippen LogP contribution in [0.25, 0.3) is 10.9 Å². The highest BCUT2D eigenvalue weighted by atomic mass is 16.2. The van der Waals surface area contributed by atoms with Gasteiger partial charge in [0.15, 0.2) is 0 Å². The molecule has 2 rings (SSSR count). The highest BCUT2D eigenvalue weighted by Gasteiger charge is 2.28. The van der Waals surface area contributed by atoms with Crippen LogP contribution < -0.4 is 5.32 Å². The van der Waals surface area contributed by atoms with Gasteiger partial charge in [0.1, 0.15) is 6.04 Å². The molecule has 0 unspecified atom stereocenters. The summed E-state index contributed by atoms with van der Waals surface area (Å²) in [7, 11) is 0. The van der Waals surface area contributed by atoms with Crippen molar-refractivity contribution in [3.05, 3.63) is 48.2 Å². The van der Waals surface area contributed by atoms with E-state index in [0.717, 1.165) is 22.0 Å². The van der Waals surface area contributed by atoms with Crippen molar-refractivity contribution in [2.75, 3.05) is 6.54 Å². The fourth-order valence-electron chi connectivity index (χ4n) is 3.59. The van der Waals surface area contributed by atoms with Gasteiger partial charge >= 0.3 is 0 Å². The average molecular weight is 412 g/mol. The summed E-state index contributed by atoms with van der Waals surface area (Å²) in [6, 6.07) is 7.64. The predicted molar refractivity (Wildman–Crippen MR) is 124 cm³/mol. The van der Waals surface area contributed by atoms with Crippen LogP contribution in [0, 0.1) is 11.3 Å². The van der Waals surface area contributed by atoms with Crippen LogP contribution in [0.1, 0.15) is 59.9 Å². The van der Waals surface area contributed by atoms with Crippen molar-refractivity contribution >= 4 is 22.7 Å². The van der Waals surface area contributed by atoms with Gasteiger partial charge in [-0.05, 0) is 53.8 Å². The van der Waals surface area contributed by atoms with E-state index in [1.165, 1.54) is 0 Å². The van der Waals surface area contributed by atoms with Crippen LogP contribution in [0.15, 0.2) is 42.6 Å². The second kappa shape index (κ2) is 9.96. The Labute approximate surface area is 180 Å². The highest BCUT2D eigenvalue weighted by molar-refractivity contribution is 5.88. The maximum atomic E-state index is 13.5. The Morgan fingerprint density at radius 3 is 2.50 bits per heavy atom. The molecule has 30 heavy (non-hydrogen) atoms. The van der Waals surface area contributed by atoms with E-state index in [0.29, 0.717) is 31.8 Å². The second-order valence-corrected chi connectivity index (χ2v) is 10.0. The van der Waals surface area contributed by atoms with E-state index in [1.54, 1.807) is 0 Å². The van der Waals surface area contributed by atoms with Gasteiger partial charge in [-0.15, -0.1) is 6.58 Å². The number of amides is 2. The molecule has 1 heterocycles. The number of carbonyl (C=O) groups excluding carboxylic acids is 2. The molecule has 1 aromatic heterocycles. The molecule has 0 saturated carbocycles. The van der Waals surface area contributed by atoms with Crippen molar-refractivity contribution in [3.8, 4) is 0 Å². The lowest BCUT2D eigenvalue weighted by Gasteiger charge is -2.30. The maximum absolute atomic E-state index is 13.5. The van der Waals surface area contributed by atoms with Crippen molar-refractivity contribution in [1.29, 1.82) is 0 Å². The maximum Gasteiger partial charge on any atom is 0.245 e. The molecule has 0 aliphatic heterocycles. The van der Waals surface area contributed by atoms with Gasteiger partial charge in [0.05, 0.1) is 0 Å². The molecule has 0 spiro atoms. The summed E-state index contributed by atoms with van der Waals surface area (Å²) in [5.41, 5.74) is 2.90. The number of nitrogens with zero attached hydrogens (tertiary/aromatic N) is 1. The predicted octanol–water partition coefficient (Wildman–Crippen LogP) is 5.04. The zero-order valence-electron chi connectivity index (χ0n) is 19.3. The van der Waals surface area contributed by atoms with Gasteiger partial charge in [0.2, 0.25) is 11.8 Å². The third-order valence-electron chi connectivity index (χ3n) is 4.77. The molecule has 2 N–H and O–H groups in total. The first-order valence-corrected chi connectivity index (χ1v) is 10.7. The van der Waals surface area contributed by atoms with E-state index in [1.807, 2.05) is 57.0 Å². The summed E-state index contributed by atoms with van der Waals surface area (Å²) in [6.45, 7) is 17.3. The molecule has 2 aromatic rings. The molecule has 0 saturated heterocycles. The number of benzene rings is 1. The van der Waals surface area contributed by atoms with Gasteiger partial charge in [-0.3, -0.25) is 9.59 Å². The monoisotopic (exact) mass is 411 g/mol. The number of aromatic nitrogens is 1. The zero-order chi connectivity index (χ0) is 22.5. The Morgan fingerprint density at radius 2 is 1.90 bits per heavy atom. The first-order chi connectivity index (χ1) is 13.9. The third-order valence-corrected chi connectivity index (χ3v) is 4.77. The second-order valence-electron chi connectivity index (χ2n) is 10.0. The molecule has 2 amide bonds. The van der Waals surface area contributed by atoms with E-state index in [2.05, 4.69) is 36.8 Å². The third kappa shape index (κ3) is 7.36. The normalized spacial score (nSPS) is 12.8. The number of nitrogens with one attached hydrogen (secondary N) is 2. The quantitative estimate of drug-likeness (QED) is 0.568. The van der Waals surface area contributed by atoms with Gasteiger partial charge in [0.25, 0.3) is 0 Å². The Bertz CT molecular complexity index is 889. The SMILES string of the molecule is C=C(C)C[C@H](NC(=O)CC(C)(C)C)C(=O)N(Cc1ccc2[nH]ccc2c1)CC(C)C. The largest absolute Gasteiger partial charge is 0.361 e. The molecule has 164 valence electrons. The summed E-state index contributed by atoms with van der Waals surface area (Å²) >= 11 is 0. The topological polar surface area (TPSA) is 65.2 Å². The van der Waals surface area contributed by atoms with Gasteiger partial charge in [-0.1, -0.05) is 46.3 Å². The Kier molecular flexibility index (Phi) is 7.88. The average Bonchev–Trinajstić information content (AvgIpc) is 3.05. The summed E-state index contributed by atoms with van der Waals surface area (Å²) in [4.78, 5) is 31.1. The number of rotatable bonds is 9. The Hall–Kier alpha value is -2.56. The van der Waals surface area contributed by atoms with Crippen molar-refractivity contribution < 1.29 is 9.59 Å². The lowest BCUT2D eigenvalue weighted by atomic mass is 9.91. The zero-order valence-corrected chi connectivity index (χ0v) is 19.3. The fraction of sp³-hybridized carbons (Fsp3) is 0.520. The van der Waals surface area contributed by atoms with E-state index < -0.39 is 6.04 Å². The smallest absolute Gasteiger partial charge is 0.245 e. The lowest BCUT2D eigenvalue weighted by molar-refractivity contribution is -0.137. The van der Waals surface area contributed by atoms with Crippen molar-refractivity contribution in [2.24, 2.45) is 11.3 Å². The van der Waals surface area contributed by atoms with Crippen LogP contribution in [0.2, 0.25) is 0 Å². The van der Waals surface area contributed by atoms with Crippen LogP contribution in [0.5, 0.6) is 0 Å². The molecule has 0 aliphatic carbocycles. The van der Waals surface area contributed by atoms with Crippen LogP contribution in [0.4, 0.5) is 0 Å². The minimum atomic E-state index is -0.591. The number of H-pyrrole nitrogens is 1. The molecule has 5 heteroatoms. The van der Waals surface area contributed by atoms with Crippen molar-refractivity contribution in [2.45, 2.75) is 67.0 Å². The van der Waals surface area contributed by atoms with Crippen LogP contribution in [0.3, 0.4) is 0 Å². The summed E-state index contributed by atoms with van der Waals surface area (Å²) in [5.74, 6) is 0.171. The molecule has 0 bridgehead atoms. The van der Waals surface area contributed by atoms with E-state index in [9.17, 15) is 9.59 Å². The lowest BCUT2D eigenvalue weighted by Crippen LogP contribution is -2.49. The summed E-state index contributed by atoms with van der Waals surface area (Å²) in [6.07, 6.45) is 2.74. The summed E-state index contributed by atoms with van der Waals surface area (Å²) in [5, 5.41) is 4.10. The summed E-state index contributed by atoms with van der Waals surface area (Å²) < 4.78 is 0. The molecular weight excluding hydrogens is 374 g/mol. The first-order valence-electron chi connectivity index (χ1n) is 10.7. The van der Waals surface area contributed by atoms with Crippen LogP contribution >= 0.6 is 0 Å². The van der Waals surface area contributed by atoms with Gasteiger partial charge < -0.3 is 15.2 Å². The Balaban J connectivity index is 2.22. The highest BCUT2D eigenvalue weighted by Crippen LogP contribution is 2.20. The molecule has 0 aliphatic rings. The van der Waals surface area contributed by atoms with Gasteiger partial charge in [0, 0.05) is 31.2 Å². The van der Waals surface area contributed by atoms with E-state index >= 15 is 0 Å². The minimum Gasteiger partial charge on any atom is -0.361 e. The number of carbonyl (C=O) groups is 2. The first kappa shape index (κ1) is 23.7. The van der Waals surface area contributed by atoms with Gasteiger partial charge in [-0.2, -0.15) is 0 Å². The minimum absolute atomic E-state index is 0.0527. The van der Waals surface area contributed by atoms with Crippen LogP contribution in [-0.4, -0.2) is 34.3 Å². The Morgan fingerprint density at radius 1 is 1.20 bits per heavy atom. The van der Waals surface area contributed by atoms with E-state index in [-0.39, 0.29) is 17.2 Å². The molecular formula is C25H37N3O2. The molecule has 1 atom stereocenters. The van der Waals surface area contributed by atoms with Crippen molar-refractivity contribution in [3.63, 3.8) is 0 Å². The van der Waals surface area contributed by atoms with Crippen molar-refractivity contribution in [1.82, 2.24) is 15.2 Å². The molecule has 0 radical (unpaired) electrons. The number of fused-ring (bicyclic) bond motifs is 1. The van der Waals surface area contributed by atoms with Crippen LogP contribution in [-0.2, 0) is 16.1 Å². The number of aromatic amines is 1. The molecule has 1 aromatic carbocycles. The van der Waals surface area contributed by atoms with E-state index in [4.69, 9.17) is 0 Å². The standard InChI is InChI=1S/C25H37N3O2/c1-17(2)12-22(27-23(29)14-25(5,6)7)24(30)28(15-18(3)4)16-19-8-9-21-20(13-19)10-11-26-21/h8-11,13,18,22,26H,1,12,14-16H2,2-7H3,(H,27,29)/t22-/m0/s1. The van der Waals surface area contributed by atoms with Gasteiger partial charge in [-0.25, -0.2) is 0 Å². The molecule has 5 nitrogen and oxygen atoms in total.